The highest BCUT2D eigenvalue weighted by atomic mass is 16.5. The lowest BCUT2D eigenvalue weighted by Crippen LogP contribution is -2.53. The van der Waals surface area contributed by atoms with Gasteiger partial charge in [-0.2, -0.15) is 5.26 Å². The van der Waals surface area contributed by atoms with Crippen molar-refractivity contribution >= 4 is 0 Å². The highest BCUT2D eigenvalue weighted by Gasteiger charge is 2.43. The zero-order valence-electron chi connectivity index (χ0n) is 14.3. The molecule has 0 aromatic heterocycles. The summed E-state index contributed by atoms with van der Waals surface area (Å²) in [5.41, 5.74) is -0.0844. The fourth-order valence-corrected chi connectivity index (χ4v) is 3.92. The predicted molar refractivity (Wildman–Crippen MR) is 90.8 cm³/mol. The Labute approximate surface area is 143 Å². The second kappa shape index (κ2) is 7.52. The second-order valence-corrected chi connectivity index (χ2v) is 6.99. The van der Waals surface area contributed by atoms with Crippen LogP contribution in [0.15, 0.2) is 24.3 Å². The Morgan fingerprint density at radius 1 is 1.46 bits per heavy atom. The molecular weight excluding hydrogens is 304 g/mol. The van der Waals surface area contributed by atoms with Crippen molar-refractivity contribution in [2.75, 3.05) is 32.9 Å². The molecule has 5 nitrogen and oxygen atoms in total. The molecule has 0 bridgehead atoms. The van der Waals surface area contributed by atoms with Gasteiger partial charge in [-0.05, 0) is 44.9 Å². The zero-order valence-corrected chi connectivity index (χ0v) is 14.3. The van der Waals surface area contributed by atoms with Crippen molar-refractivity contribution in [3.05, 3.63) is 29.8 Å². The van der Waals surface area contributed by atoms with E-state index in [0.717, 1.165) is 25.9 Å². The molecule has 24 heavy (non-hydrogen) atoms. The number of likely N-dealkylation sites (tertiary alicyclic amines) is 1. The van der Waals surface area contributed by atoms with Crippen LogP contribution in [-0.2, 0) is 4.74 Å². The molecule has 1 aromatic rings. The van der Waals surface area contributed by atoms with Gasteiger partial charge in [0.2, 0.25) is 0 Å². The lowest BCUT2D eigenvalue weighted by atomic mass is 9.79. The van der Waals surface area contributed by atoms with Crippen molar-refractivity contribution in [1.82, 2.24) is 4.90 Å². The summed E-state index contributed by atoms with van der Waals surface area (Å²) in [5, 5.41) is 19.8. The first-order chi connectivity index (χ1) is 11.6. The molecule has 1 N–H and O–H groups in total. The molecule has 5 heteroatoms. The molecule has 0 unspecified atom stereocenters. The first-order valence-electron chi connectivity index (χ1n) is 8.78. The maximum absolute atomic E-state index is 10.7. The first kappa shape index (κ1) is 17.2. The Morgan fingerprint density at radius 3 is 3.08 bits per heavy atom. The molecule has 2 saturated heterocycles. The highest BCUT2D eigenvalue weighted by molar-refractivity contribution is 5.42. The minimum absolute atomic E-state index is 0.153. The topological polar surface area (TPSA) is 65.7 Å². The van der Waals surface area contributed by atoms with Crippen molar-refractivity contribution in [2.24, 2.45) is 5.92 Å². The average Bonchev–Trinajstić information content (AvgIpc) is 3.03. The van der Waals surface area contributed by atoms with Crippen LogP contribution in [0.4, 0.5) is 0 Å². The summed E-state index contributed by atoms with van der Waals surface area (Å²) in [7, 11) is 0. The molecule has 130 valence electrons. The molecule has 1 aromatic carbocycles. The smallest absolute Gasteiger partial charge is 0.137 e. The number of aliphatic hydroxyl groups is 1. The standard InChI is InChI=1S/C19H26N2O3/c1-19(22)8-11-23-14-16(19)17-6-4-9-21(17)10-12-24-18-7-3-2-5-15(18)13-20/h2-3,5,7,16-17,22H,4,6,8-12,14H2,1H3/t16-,17-,19+/m1/s1. The van der Waals surface area contributed by atoms with Crippen molar-refractivity contribution in [2.45, 2.75) is 37.8 Å². The van der Waals surface area contributed by atoms with Crippen LogP contribution in [-0.4, -0.2) is 54.6 Å². The van der Waals surface area contributed by atoms with Gasteiger partial charge in [0.1, 0.15) is 18.4 Å². The lowest BCUT2D eigenvalue weighted by Gasteiger charge is -2.43. The molecule has 0 amide bonds. The van der Waals surface area contributed by atoms with Crippen LogP contribution in [0.25, 0.3) is 0 Å². The number of hydrogen-bond acceptors (Lipinski definition) is 5. The Balaban J connectivity index is 1.57. The van der Waals surface area contributed by atoms with Gasteiger partial charge in [0.05, 0.1) is 17.8 Å². The summed E-state index contributed by atoms with van der Waals surface area (Å²) >= 11 is 0. The lowest BCUT2D eigenvalue weighted by molar-refractivity contribution is -0.123. The van der Waals surface area contributed by atoms with Crippen LogP contribution in [0.5, 0.6) is 5.75 Å². The van der Waals surface area contributed by atoms with Crippen molar-refractivity contribution < 1.29 is 14.6 Å². The molecule has 2 aliphatic rings. The molecule has 2 heterocycles. The molecule has 0 aliphatic carbocycles. The molecule has 2 fully saturated rings. The van der Waals surface area contributed by atoms with Crippen LogP contribution < -0.4 is 4.74 Å². The Bertz CT molecular complexity index is 597. The molecular formula is C19H26N2O3. The monoisotopic (exact) mass is 330 g/mol. The van der Waals surface area contributed by atoms with Gasteiger partial charge in [-0.15, -0.1) is 0 Å². The van der Waals surface area contributed by atoms with E-state index in [1.54, 1.807) is 6.07 Å². The number of ether oxygens (including phenoxy) is 2. The van der Waals surface area contributed by atoms with E-state index in [1.165, 1.54) is 0 Å². The van der Waals surface area contributed by atoms with Crippen molar-refractivity contribution in [1.29, 1.82) is 5.26 Å². The molecule has 3 rings (SSSR count). The van der Waals surface area contributed by atoms with E-state index >= 15 is 0 Å². The van der Waals surface area contributed by atoms with Crippen LogP contribution >= 0.6 is 0 Å². The molecule has 3 atom stereocenters. The third kappa shape index (κ3) is 3.72. The van der Waals surface area contributed by atoms with Crippen molar-refractivity contribution in [3.63, 3.8) is 0 Å². The van der Waals surface area contributed by atoms with E-state index in [-0.39, 0.29) is 5.92 Å². The van der Waals surface area contributed by atoms with Crippen LogP contribution in [0.1, 0.15) is 31.7 Å². The SMILES string of the molecule is C[C@]1(O)CCOC[C@@H]1[C@H]1CCCN1CCOc1ccccc1C#N. The number of benzene rings is 1. The average molecular weight is 330 g/mol. The van der Waals surface area contributed by atoms with Crippen molar-refractivity contribution in [3.8, 4) is 11.8 Å². The summed E-state index contributed by atoms with van der Waals surface area (Å²) in [4.78, 5) is 2.41. The Hall–Kier alpha value is -1.61. The number of nitriles is 1. The second-order valence-electron chi connectivity index (χ2n) is 6.99. The third-order valence-corrected chi connectivity index (χ3v) is 5.37. The Morgan fingerprint density at radius 2 is 2.29 bits per heavy atom. The number of para-hydroxylation sites is 1. The van der Waals surface area contributed by atoms with Gasteiger partial charge in [0.15, 0.2) is 0 Å². The van der Waals surface area contributed by atoms with E-state index in [9.17, 15) is 5.11 Å². The maximum Gasteiger partial charge on any atom is 0.137 e. The zero-order chi connectivity index (χ0) is 17.0. The molecule has 0 radical (unpaired) electrons. The predicted octanol–water partition coefficient (Wildman–Crippen LogP) is 2.19. The van der Waals surface area contributed by atoms with Crippen LogP contribution in [0.2, 0.25) is 0 Å². The third-order valence-electron chi connectivity index (χ3n) is 5.37. The largest absolute Gasteiger partial charge is 0.491 e. The van der Waals surface area contributed by atoms with Gasteiger partial charge in [-0.1, -0.05) is 12.1 Å². The quantitative estimate of drug-likeness (QED) is 0.896. The van der Waals surface area contributed by atoms with E-state index in [0.29, 0.717) is 43.6 Å². The number of nitrogens with zero attached hydrogens (tertiary/aromatic N) is 2. The summed E-state index contributed by atoms with van der Waals surface area (Å²) in [6.45, 7) is 5.59. The highest BCUT2D eigenvalue weighted by Crippen LogP contribution is 2.35. The fourth-order valence-electron chi connectivity index (χ4n) is 3.92. The van der Waals surface area contributed by atoms with Gasteiger partial charge in [0, 0.05) is 25.1 Å². The number of rotatable bonds is 5. The first-order valence-corrected chi connectivity index (χ1v) is 8.78. The molecule has 0 spiro atoms. The summed E-state index contributed by atoms with van der Waals surface area (Å²) in [6, 6.07) is 9.82. The van der Waals surface area contributed by atoms with E-state index in [2.05, 4.69) is 11.0 Å². The minimum Gasteiger partial charge on any atom is -0.491 e. The van der Waals surface area contributed by atoms with E-state index < -0.39 is 5.60 Å². The van der Waals surface area contributed by atoms with Crippen LogP contribution in [0, 0.1) is 17.2 Å². The molecule has 0 saturated carbocycles. The summed E-state index contributed by atoms with van der Waals surface area (Å²) < 4.78 is 11.4. The normalized spacial score (nSPS) is 30.9. The fraction of sp³-hybridized carbons (Fsp3) is 0.632. The summed E-state index contributed by atoms with van der Waals surface area (Å²) in [5.74, 6) is 0.795. The van der Waals surface area contributed by atoms with Gasteiger partial charge < -0.3 is 14.6 Å². The number of hydrogen-bond donors (Lipinski definition) is 1. The minimum atomic E-state index is -0.653. The maximum atomic E-state index is 10.7. The van der Waals surface area contributed by atoms with Gasteiger partial charge in [0.25, 0.3) is 0 Å². The van der Waals surface area contributed by atoms with Gasteiger partial charge in [-0.3, -0.25) is 4.90 Å². The summed E-state index contributed by atoms with van der Waals surface area (Å²) in [6.07, 6.45) is 2.94. The van der Waals surface area contributed by atoms with E-state index in [1.807, 2.05) is 25.1 Å². The van der Waals surface area contributed by atoms with Crippen LogP contribution in [0.3, 0.4) is 0 Å². The van der Waals surface area contributed by atoms with Gasteiger partial charge in [-0.25, -0.2) is 0 Å². The van der Waals surface area contributed by atoms with Gasteiger partial charge >= 0.3 is 0 Å². The molecule has 2 aliphatic heterocycles. The van der Waals surface area contributed by atoms with E-state index in [4.69, 9.17) is 14.7 Å². The Kier molecular flexibility index (Phi) is 5.40.